The van der Waals surface area contributed by atoms with Crippen LogP contribution in [-0.2, 0) is 10.0 Å². The number of benzene rings is 2. The maximum absolute atomic E-state index is 13.4. The van der Waals surface area contributed by atoms with E-state index >= 15 is 0 Å². The van der Waals surface area contributed by atoms with Crippen LogP contribution in [0.25, 0.3) is 0 Å². The Hall–Kier alpha value is -2.19. The van der Waals surface area contributed by atoms with Crippen molar-refractivity contribution in [3.8, 4) is 11.5 Å². The molecule has 1 atom stereocenters. The lowest BCUT2D eigenvalue weighted by atomic mass is 10.2. The second-order valence-corrected chi connectivity index (χ2v) is 7.50. The molecule has 0 fully saturated rings. The molecule has 8 heteroatoms. The first-order valence-corrected chi connectivity index (χ1v) is 9.19. The Morgan fingerprint density at radius 2 is 1.76 bits per heavy atom. The number of para-hydroxylation sites is 2. The van der Waals surface area contributed by atoms with E-state index in [0.29, 0.717) is 17.6 Å². The van der Waals surface area contributed by atoms with Gasteiger partial charge in [0.25, 0.3) is 0 Å². The van der Waals surface area contributed by atoms with E-state index < -0.39 is 32.7 Å². The summed E-state index contributed by atoms with van der Waals surface area (Å²) in [5.74, 6) is -0.762. The maximum atomic E-state index is 13.4. The zero-order valence-electron chi connectivity index (χ0n) is 13.5. The molecule has 134 valence electrons. The van der Waals surface area contributed by atoms with Crippen LogP contribution in [0.15, 0.2) is 47.4 Å². The van der Waals surface area contributed by atoms with Crippen molar-refractivity contribution in [2.45, 2.75) is 17.9 Å². The summed E-state index contributed by atoms with van der Waals surface area (Å²) in [6.07, 6.45) is -0.525. The van der Waals surface area contributed by atoms with E-state index in [2.05, 4.69) is 0 Å². The Morgan fingerprint density at radius 1 is 1.12 bits per heavy atom. The van der Waals surface area contributed by atoms with Gasteiger partial charge in [0.2, 0.25) is 10.0 Å². The fourth-order valence-electron chi connectivity index (χ4n) is 2.60. The van der Waals surface area contributed by atoms with Gasteiger partial charge < -0.3 is 9.47 Å². The monoisotopic (exact) mass is 369 g/mol. The molecule has 5 nitrogen and oxygen atoms in total. The summed E-state index contributed by atoms with van der Waals surface area (Å²) < 4.78 is 64.6. The Labute approximate surface area is 144 Å². The minimum atomic E-state index is -4.06. The molecule has 0 unspecified atom stereocenters. The molecular formula is C17H17F2NO4S. The topological polar surface area (TPSA) is 55.8 Å². The Kier molecular flexibility index (Phi) is 4.91. The first kappa shape index (κ1) is 17.6. The molecule has 25 heavy (non-hydrogen) atoms. The lowest BCUT2D eigenvalue weighted by Gasteiger charge is -2.30. The van der Waals surface area contributed by atoms with Gasteiger partial charge in [0.05, 0.1) is 11.4 Å². The van der Waals surface area contributed by atoms with Gasteiger partial charge in [0, 0.05) is 12.6 Å². The minimum Gasteiger partial charge on any atom is -0.486 e. The highest BCUT2D eigenvalue weighted by Gasteiger charge is 2.30. The largest absolute Gasteiger partial charge is 0.486 e. The Morgan fingerprint density at radius 3 is 2.40 bits per heavy atom. The van der Waals surface area contributed by atoms with Crippen LogP contribution >= 0.6 is 0 Å². The molecule has 0 radical (unpaired) electrons. The summed E-state index contributed by atoms with van der Waals surface area (Å²) in [7, 11) is -4.06. The van der Waals surface area contributed by atoms with Gasteiger partial charge in [-0.2, -0.15) is 4.31 Å². The second kappa shape index (κ2) is 6.97. The molecule has 2 aromatic carbocycles. The molecule has 0 saturated carbocycles. The van der Waals surface area contributed by atoms with Crippen molar-refractivity contribution in [1.29, 1.82) is 0 Å². The van der Waals surface area contributed by atoms with Gasteiger partial charge in [-0.05, 0) is 24.3 Å². The van der Waals surface area contributed by atoms with Crippen molar-refractivity contribution < 1.29 is 26.7 Å². The average Bonchev–Trinajstić information content (AvgIpc) is 2.58. The molecule has 0 N–H and O–H groups in total. The highest BCUT2D eigenvalue weighted by Crippen LogP contribution is 2.31. The van der Waals surface area contributed by atoms with Gasteiger partial charge in [-0.3, -0.25) is 0 Å². The van der Waals surface area contributed by atoms with Crippen LogP contribution in [0, 0.1) is 11.6 Å². The van der Waals surface area contributed by atoms with Gasteiger partial charge in [-0.1, -0.05) is 19.1 Å². The van der Waals surface area contributed by atoms with Gasteiger partial charge in [0.1, 0.15) is 24.3 Å². The number of fused-ring (bicyclic) bond motifs is 1. The summed E-state index contributed by atoms with van der Waals surface area (Å²) in [6, 6.07) is 9.31. The maximum Gasteiger partial charge on any atom is 0.243 e. The summed E-state index contributed by atoms with van der Waals surface area (Å²) in [6.45, 7) is 1.96. The number of nitrogens with zero attached hydrogens (tertiary/aromatic N) is 1. The summed E-state index contributed by atoms with van der Waals surface area (Å²) in [4.78, 5) is -0.427. The lowest BCUT2D eigenvalue weighted by Crippen LogP contribution is -2.43. The van der Waals surface area contributed by atoms with Crippen molar-refractivity contribution in [3.05, 3.63) is 54.1 Å². The van der Waals surface area contributed by atoms with Crippen molar-refractivity contribution in [1.82, 2.24) is 4.31 Å². The predicted molar refractivity (Wildman–Crippen MR) is 87.1 cm³/mol. The number of halogens is 2. The summed E-state index contributed by atoms with van der Waals surface area (Å²) in [5, 5.41) is 0. The van der Waals surface area contributed by atoms with E-state index in [1.807, 2.05) is 6.07 Å². The fraction of sp³-hybridized carbons (Fsp3) is 0.294. The molecule has 2 aromatic rings. The van der Waals surface area contributed by atoms with E-state index in [-0.39, 0.29) is 19.7 Å². The van der Waals surface area contributed by atoms with Crippen molar-refractivity contribution in [2.24, 2.45) is 0 Å². The van der Waals surface area contributed by atoms with Gasteiger partial charge in [-0.25, -0.2) is 17.2 Å². The fourth-order valence-corrected chi connectivity index (χ4v) is 4.13. The van der Waals surface area contributed by atoms with E-state index in [4.69, 9.17) is 9.47 Å². The van der Waals surface area contributed by atoms with Gasteiger partial charge in [-0.15, -0.1) is 0 Å². The van der Waals surface area contributed by atoms with Crippen LogP contribution in [0.4, 0.5) is 8.78 Å². The summed E-state index contributed by atoms with van der Waals surface area (Å²) in [5.41, 5.74) is 0. The second-order valence-electron chi connectivity index (χ2n) is 5.56. The molecule has 0 spiro atoms. The molecule has 0 saturated heterocycles. The highest BCUT2D eigenvalue weighted by molar-refractivity contribution is 7.89. The van der Waals surface area contributed by atoms with E-state index in [1.54, 1.807) is 25.1 Å². The van der Waals surface area contributed by atoms with E-state index in [0.717, 1.165) is 16.4 Å². The van der Waals surface area contributed by atoms with Crippen LogP contribution in [0.1, 0.15) is 6.92 Å². The quantitative estimate of drug-likeness (QED) is 0.813. The van der Waals surface area contributed by atoms with Crippen LogP contribution in [-0.4, -0.2) is 38.5 Å². The third-order valence-electron chi connectivity index (χ3n) is 3.80. The SMILES string of the molecule is CCN(C[C@H]1COc2ccccc2O1)S(=O)(=O)c1cc(F)cc(F)c1. The molecule has 0 aliphatic carbocycles. The van der Waals surface area contributed by atoms with Crippen LogP contribution < -0.4 is 9.47 Å². The number of hydrogen-bond donors (Lipinski definition) is 0. The Bertz CT molecular complexity index is 852. The molecule has 0 bridgehead atoms. The third kappa shape index (κ3) is 3.74. The standard InChI is InChI=1S/C17H17F2NO4S/c1-2-20(25(21,22)15-8-12(18)7-13(19)9-15)10-14-11-23-16-5-3-4-6-17(16)24-14/h3-9,14H,2,10-11H2,1H3/t14-/m0/s1. The van der Waals surface area contributed by atoms with E-state index in [1.165, 1.54) is 0 Å². The van der Waals surface area contributed by atoms with Crippen LogP contribution in [0.3, 0.4) is 0 Å². The molecule has 0 amide bonds. The zero-order valence-corrected chi connectivity index (χ0v) is 14.3. The van der Waals surface area contributed by atoms with Crippen molar-refractivity contribution >= 4 is 10.0 Å². The number of sulfonamides is 1. The predicted octanol–water partition coefficient (Wildman–Crippen LogP) is 2.82. The smallest absolute Gasteiger partial charge is 0.243 e. The van der Waals surface area contributed by atoms with Gasteiger partial charge in [0.15, 0.2) is 11.5 Å². The normalized spacial score (nSPS) is 16.9. The number of ether oxygens (including phenoxy) is 2. The summed E-state index contributed by atoms with van der Waals surface area (Å²) >= 11 is 0. The van der Waals surface area contributed by atoms with E-state index in [9.17, 15) is 17.2 Å². The average molecular weight is 369 g/mol. The molecule has 1 aliphatic rings. The molecule has 0 aromatic heterocycles. The minimum absolute atomic E-state index is 0.00526. The lowest BCUT2D eigenvalue weighted by molar-refractivity contribution is 0.0771. The highest BCUT2D eigenvalue weighted by atomic mass is 32.2. The molecule has 1 aliphatic heterocycles. The van der Waals surface area contributed by atoms with Crippen molar-refractivity contribution in [3.63, 3.8) is 0 Å². The van der Waals surface area contributed by atoms with Crippen LogP contribution in [0.5, 0.6) is 11.5 Å². The molecule has 1 heterocycles. The molecular weight excluding hydrogens is 352 g/mol. The number of hydrogen-bond acceptors (Lipinski definition) is 4. The Balaban J connectivity index is 1.80. The third-order valence-corrected chi connectivity index (χ3v) is 5.72. The van der Waals surface area contributed by atoms with Crippen LogP contribution in [0.2, 0.25) is 0 Å². The first-order valence-electron chi connectivity index (χ1n) is 7.75. The molecule has 3 rings (SSSR count). The first-order chi connectivity index (χ1) is 11.9. The van der Waals surface area contributed by atoms with Crippen molar-refractivity contribution in [2.75, 3.05) is 19.7 Å². The zero-order chi connectivity index (χ0) is 18.0. The number of rotatable bonds is 5. The number of likely N-dealkylation sites (N-methyl/N-ethyl adjacent to an activating group) is 1. The van der Waals surface area contributed by atoms with Gasteiger partial charge >= 0.3 is 0 Å².